The Bertz CT molecular complexity index is 1680. The number of nitrogens with one attached hydrogen (secondary N) is 2. The first-order valence-electron chi connectivity index (χ1n) is 10.9. The SMILES string of the molecule is Cc1cc(-c2ncc(Nc3ccc(S(N)(=O)=O)cc3)cc2-c2ccc3[nH]cc(C)c3c2)ccc1F. The topological polar surface area (TPSA) is 101 Å². The maximum absolute atomic E-state index is 14.0. The number of aromatic amines is 1. The van der Waals surface area contributed by atoms with Gasteiger partial charge in [0, 0.05) is 33.9 Å². The molecule has 5 aromatic rings. The van der Waals surface area contributed by atoms with Crippen LogP contribution in [0.25, 0.3) is 33.3 Å². The molecule has 3 aromatic carbocycles. The summed E-state index contributed by atoms with van der Waals surface area (Å²) < 4.78 is 37.0. The lowest BCUT2D eigenvalue weighted by molar-refractivity contribution is 0.598. The number of halogens is 1. The Morgan fingerprint density at radius 3 is 2.34 bits per heavy atom. The van der Waals surface area contributed by atoms with Crippen molar-refractivity contribution in [1.82, 2.24) is 9.97 Å². The predicted molar refractivity (Wildman–Crippen MR) is 137 cm³/mol. The van der Waals surface area contributed by atoms with Crippen LogP contribution in [-0.4, -0.2) is 18.4 Å². The average molecular weight is 487 g/mol. The van der Waals surface area contributed by atoms with Gasteiger partial charge in [-0.1, -0.05) is 6.07 Å². The molecule has 2 aromatic heterocycles. The molecule has 35 heavy (non-hydrogen) atoms. The molecular formula is C27H23FN4O2S. The van der Waals surface area contributed by atoms with E-state index in [0.29, 0.717) is 11.3 Å². The van der Waals surface area contributed by atoms with Gasteiger partial charge in [0.1, 0.15) is 5.82 Å². The number of sulfonamides is 1. The lowest BCUT2D eigenvalue weighted by Gasteiger charge is -2.14. The Kier molecular flexibility index (Phi) is 5.62. The molecule has 0 bridgehead atoms. The Hall–Kier alpha value is -4.01. The number of nitrogens with zero attached hydrogens (tertiary/aromatic N) is 1. The number of aromatic nitrogens is 2. The van der Waals surface area contributed by atoms with Crippen molar-refractivity contribution in [2.75, 3.05) is 5.32 Å². The molecule has 4 N–H and O–H groups in total. The molecule has 0 radical (unpaired) electrons. The summed E-state index contributed by atoms with van der Waals surface area (Å²) in [6, 6.07) is 19.3. The molecule has 176 valence electrons. The number of H-pyrrole nitrogens is 1. The monoisotopic (exact) mass is 486 g/mol. The molecular weight excluding hydrogens is 463 g/mol. The number of anilines is 2. The van der Waals surface area contributed by atoms with Crippen molar-refractivity contribution in [2.45, 2.75) is 18.7 Å². The quantitative estimate of drug-likeness (QED) is 0.282. The fourth-order valence-electron chi connectivity index (χ4n) is 4.10. The van der Waals surface area contributed by atoms with Crippen LogP contribution in [0.3, 0.4) is 0 Å². The van der Waals surface area contributed by atoms with Crippen molar-refractivity contribution >= 4 is 32.3 Å². The zero-order valence-electron chi connectivity index (χ0n) is 19.1. The molecule has 0 amide bonds. The molecule has 5 rings (SSSR count). The van der Waals surface area contributed by atoms with Gasteiger partial charge in [-0.3, -0.25) is 4.98 Å². The van der Waals surface area contributed by atoms with Crippen molar-refractivity contribution in [2.24, 2.45) is 5.14 Å². The van der Waals surface area contributed by atoms with Crippen LogP contribution in [0.2, 0.25) is 0 Å². The highest BCUT2D eigenvalue weighted by molar-refractivity contribution is 7.89. The number of nitrogens with two attached hydrogens (primary N) is 1. The van der Waals surface area contributed by atoms with E-state index in [1.807, 2.05) is 31.3 Å². The standard InChI is InChI=1S/C27H23FN4O2S/c1-16-11-19(3-9-25(16)28)27-24(18-4-10-26-23(12-18)17(2)14-30-26)13-21(15-31-27)32-20-5-7-22(8-6-20)35(29,33)34/h3-15,30,32H,1-2H3,(H2,29,33,34). The van der Waals surface area contributed by atoms with Gasteiger partial charge in [-0.2, -0.15) is 0 Å². The van der Waals surface area contributed by atoms with E-state index in [2.05, 4.69) is 16.4 Å². The molecule has 0 saturated heterocycles. The molecule has 0 atom stereocenters. The van der Waals surface area contributed by atoms with Crippen LogP contribution in [0.15, 0.2) is 84.0 Å². The number of aryl methyl sites for hydroxylation is 2. The number of benzene rings is 3. The Morgan fingerprint density at radius 2 is 1.63 bits per heavy atom. The molecule has 2 heterocycles. The van der Waals surface area contributed by atoms with Crippen LogP contribution >= 0.6 is 0 Å². The zero-order chi connectivity index (χ0) is 24.7. The van der Waals surface area contributed by atoms with E-state index in [-0.39, 0.29) is 10.7 Å². The van der Waals surface area contributed by atoms with E-state index in [0.717, 1.165) is 44.5 Å². The van der Waals surface area contributed by atoms with E-state index >= 15 is 0 Å². The molecule has 0 aliphatic rings. The second kappa shape index (κ2) is 8.65. The smallest absolute Gasteiger partial charge is 0.238 e. The molecule has 0 saturated carbocycles. The first kappa shape index (κ1) is 22.8. The maximum atomic E-state index is 14.0. The van der Waals surface area contributed by atoms with E-state index in [9.17, 15) is 12.8 Å². The third-order valence-electron chi connectivity index (χ3n) is 5.99. The Morgan fingerprint density at radius 1 is 0.886 bits per heavy atom. The normalized spacial score (nSPS) is 11.7. The number of hydrogen-bond donors (Lipinski definition) is 3. The molecule has 6 nitrogen and oxygen atoms in total. The van der Waals surface area contributed by atoms with Crippen LogP contribution in [0.5, 0.6) is 0 Å². The largest absolute Gasteiger partial charge is 0.361 e. The maximum Gasteiger partial charge on any atom is 0.238 e. The van der Waals surface area contributed by atoms with E-state index in [1.54, 1.807) is 37.4 Å². The van der Waals surface area contributed by atoms with Gasteiger partial charge in [0.15, 0.2) is 0 Å². The first-order chi connectivity index (χ1) is 16.7. The highest BCUT2D eigenvalue weighted by Crippen LogP contribution is 2.35. The Labute approximate surface area is 202 Å². The molecule has 0 fully saturated rings. The van der Waals surface area contributed by atoms with Gasteiger partial charge in [-0.15, -0.1) is 0 Å². The van der Waals surface area contributed by atoms with Crippen LogP contribution < -0.4 is 10.5 Å². The van der Waals surface area contributed by atoms with E-state index < -0.39 is 10.0 Å². The van der Waals surface area contributed by atoms with Gasteiger partial charge in [0.25, 0.3) is 0 Å². The van der Waals surface area contributed by atoms with Crippen molar-refractivity contribution in [1.29, 1.82) is 0 Å². The van der Waals surface area contributed by atoms with E-state index in [4.69, 9.17) is 10.1 Å². The summed E-state index contributed by atoms with van der Waals surface area (Å²) in [4.78, 5) is 8.04. The van der Waals surface area contributed by atoms with Crippen molar-refractivity contribution in [3.63, 3.8) is 0 Å². The number of fused-ring (bicyclic) bond motifs is 1. The lowest BCUT2D eigenvalue weighted by atomic mass is 9.96. The summed E-state index contributed by atoms with van der Waals surface area (Å²) in [6.45, 7) is 3.78. The summed E-state index contributed by atoms with van der Waals surface area (Å²) in [7, 11) is -3.76. The highest BCUT2D eigenvalue weighted by atomic mass is 32.2. The van der Waals surface area contributed by atoms with Gasteiger partial charge in [-0.25, -0.2) is 17.9 Å². The van der Waals surface area contributed by atoms with Gasteiger partial charge >= 0.3 is 0 Å². The fourth-order valence-corrected chi connectivity index (χ4v) is 4.61. The number of hydrogen-bond acceptors (Lipinski definition) is 4. The Balaban J connectivity index is 1.61. The number of primary sulfonamides is 1. The second-order valence-corrected chi connectivity index (χ2v) is 10.1. The van der Waals surface area contributed by atoms with Crippen molar-refractivity contribution < 1.29 is 12.8 Å². The summed E-state index contributed by atoms with van der Waals surface area (Å²) in [5.41, 5.74) is 7.53. The number of pyridine rings is 1. The molecule has 8 heteroatoms. The summed E-state index contributed by atoms with van der Waals surface area (Å²) in [5.74, 6) is -0.263. The van der Waals surface area contributed by atoms with Crippen LogP contribution in [0, 0.1) is 19.7 Å². The minimum atomic E-state index is -3.76. The third-order valence-corrected chi connectivity index (χ3v) is 6.92. The number of rotatable bonds is 5. The fraction of sp³-hybridized carbons (Fsp3) is 0.0741. The average Bonchev–Trinajstić information content (AvgIpc) is 3.21. The summed E-state index contributed by atoms with van der Waals surface area (Å²) in [6.07, 6.45) is 3.67. The third kappa shape index (κ3) is 4.53. The molecule has 0 aliphatic carbocycles. The summed E-state index contributed by atoms with van der Waals surface area (Å²) in [5, 5.41) is 9.58. The first-order valence-corrected chi connectivity index (χ1v) is 12.5. The van der Waals surface area contributed by atoms with Crippen molar-refractivity contribution in [3.05, 3.63) is 96.1 Å². The molecule has 0 unspecified atom stereocenters. The minimum Gasteiger partial charge on any atom is -0.361 e. The van der Waals surface area contributed by atoms with Crippen LogP contribution in [0.4, 0.5) is 15.8 Å². The van der Waals surface area contributed by atoms with E-state index in [1.165, 1.54) is 18.2 Å². The predicted octanol–water partition coefficient (Wildman–Crippen LogP) is 6.04. The van der Waals surface area contributed by atoms with Gasteiger partial charge in [0.05, 0.1) is 22.5 Å². The van der Waals surface area contributed by atoms with Crippen molar-refractivity contribution in [3.8, 4) is 22.4 Å². The molecule has 0 aliphatic heterocycles. The molecule has 0 spiro atoms. The highest BCUT2D eigenvalue weighted by Gasteiger charge is 2.14. The lowest BCUT2D eigenvalue weighted by Crippen LogP contribution is -2.11. The second-order valence-electron chi connectivity index (χ2n) is 8.51. The van der Waals surface area contributed by atoms with Crippen LogP contribution in [-0.2, 0) is 10.0 Å². The van der Waals surface area contributed by atoms with Gasteiger partial charge in [0.2, 0.25) is 10.0 Å². The minimum absolute atomic E-state index is 0.0408. The van der Waals surface area contributed by atoms with Gasteiger partial charge < -0.3 is 10.3 Å². The summed E-state index contributed by atoms with van der Waals surface area (Å²) >= 11 is 0. The van der Waals surface area contributed by atoms with Gasteiger partial charge in [-0.05, 0) is 91.2 Å². The zero-order valence-corrected chi connectivity index (χ0v) is 19.9. The van der Waals surface area contributed by atoms with Crippen LogP contribution in [0.1, 0.15) is 11.1 Å².